The fraction of sp³-hybridized carbons (Fsp3) is 0.125. The molecule has 2 aromatic rings. The van der Waals surface area contributed by atoms with Crippen molar-refractivity contribution in [2.24, 2.45) is 0 Å². The van der Waals surface area contributed by atoms with Crippen molar-refractivity contribution in [2.75, 3.05) is 0 Å². The number of fused-ring (bicyclic) bond motifs is 1. The first-order valence-electron chi connectivity index (χ1n) is 3.54. The molecular formula is C8H7FN2O. The lowest BCUT2D eigenvalue weighted by molar-refractivity contribution is 0.283. The predicted octanol–water partition coefficient (Wildman–Crippen LogP) is 1.19. The highest BCUT2D eigenvalue weighted by Crippen LogP contribution is 2.18. The van der Waals surface area contributed by atoms with E-state index in [1.54, 1.807) is 12.3 Å². The molecule has 0 atom stereocenters. The van der Waals surface area contributed by atoms with Gasteiger partial charge in [0, 0.05) is 11.6 Å². The highest BCUT2D eigenvalue weighted by molar-refractivity contribution is 5.81. The van der Waals surface area contributed by atoms with Gasteiger partial charge >= 0.3 is 0 Å². The fourth-order valence-electron chi connectivity index (χ4n) is 1.20. The van der Waals surface area contributed by atoms with E-state index in [1.165, 1.54) is 6.07 Å². The quantitative estimate of drug-likeness (QED) is 0.668. The second-order valence-corrected chi connectivity index (χ2v) is 2.51. The van der Waals surface area contributed by atoms with Crippen LogP contribution in [0.25, 0.3) is 10.9 Å². The average Bonchev–Trinajstić information content (AvgIpc) is 2.54. The summed E-state index contributed by atoms with van der Waals surface area (Å²) in [7, 11) is 0. The number of rotatable bonds is 1. The van der Waals surface area contributed by atoms with Crippen LogP contribution in [0.1, 0.15) is 5.56 Å². The Morgan fingerprint density at radius 2 is 2.33 bits per heavy atom. The Morgan fingerprint density at radius 1 is 1.50 bits per heavy atom. The van der Waals surface area contributed by atoms with Crippen LogP contribution in [-0.2, 0) is 6.61 Å². The van der Waals surface area contributed by atoms with Crippen molar-refractivity contribution in [1.29, 1.82) is 0 Å². The molecule has 0 spiro atoms. The number of hydrogen-bond acceptors (Lipinski definition) is 2. The largest absolute Gasteiger partial charge is 0.392 e. The van der Waals surface area contributed by atoms with E-state index in [1.807, 2.05) is 0 Å². The second-order valence-electron chi connectivity index (χ2n) is 2.51. The zero-order chi connectivity index (χ0) is 8.55. The van der Waals surface area contributed by atoms with Gasteiger partial charge < -0.3 is 5.11 Å². The van der Waals surface area contributed by atoms with Crippen LogP contribution < -0.4 is 0 Å². The van der Waals surface area contributed by atoms with Gasteiger partial charge in [0.2, 0.25) is 0 Å². The maximum Gasteiger partial charge on any atom is 0.151 e. The molecule has 0 saturated heterocycles. The van der Waals surface area contributed by atoms with Crippen LogP contribution >= 0.6 is 0 Å². The van der Waals surface area contributed by atoms with Crippen LogP contribution in [0.15, 0.2) is 18.3 Å². The Kier molecular flexibility index (Phi) is 1.55. The molecule has 12 heavy (non-hydrogen) atoms. The van der Waals surface area contributed by atoms with E-state index >= 15 is 0 Å². The highest BCUT2D eigenvalue weighted by Gasteiger charge is 2.06. The van der Waals surface area contributed by atoms with Crippen molar-refractivity contribution in [2.45, 2.75) is 6.61 Å². The van der Waals surface area contributed by atoms with Gasteiger partial charge in [0.1, 0.15) is 5.52 Å². The summed E-state index contributed by atoms with van der Waals surface area (Å²) in [5, 5.41) is 15.8. The number of H-pyrrole nitrogens is 1. The zero-order valence-electron chi connectivity index (χ0n) is 6.21. The average molecular weight is 166 g/mol. The number of aromatic amines is 1. The lowest BCUT2D eigenvalue weighted by atomic mass is 10.1. The Balaban J connectivity index is 2.82. The summed E-state index contributed by atoms with van der Waals surface area (Å²) in [5.74, 6) is -0.372. The van der Waals surface area contributed by atoms with E-state index in [9.17, 15) is 4.39 Å². The molecule has 0 amide bonds. The molecule has 0 radical (unpaired) electrons. The first-order valence-corrected chi connectivity index (χ1v) is 3.54. The van der Waals surface area contributed by atoms with E-state index in [-0.39, 0.29) is 17.9 Å². The number of benzene rings is 1. The molecule has 4 heteroatoms. The SMILES string of the molecule is OCc1ccc(F)c2n[nH]cc12. The van der Waals surface area contributed by atoms with Crippen LogP contribution in [-0.4, -0.2) is 15.3 Å². The Bertz CT molecular complexity index is 410. The summed E-state index contributed by atoms with van der Waals surface area (Å²) in [5.41, 5.74) is 0.960. The second kappa shape index (κ2) is 2.57. The van der Waals surface area contributed by atoms with Crippen molar-refractivity contribution >= 4 is 10.9 Å². The van der Waals surface area contributed by atoms with Gasteiger partial charge in [-0.2, -0.15) is 5.10 Å². The molecule has 3 nitrogen and oxygen atoms in total. The molecule has 0 fully saturated rings. The Hall–Kier alpha value is -1.42. The first-order chi connectivity index (χ1) is 5.83. The lowest BCUT2D eigenvalue weighted by Gasteiger charge is -1.96. The molecule has 62 valence electrons. The predicted molar refractivity (Wildman–Crippen MR) is 42.0 cm³/mol. The lowest BCUT2D eigenvalue weighted by Crippen LogP contribution is -1.86. The maximum absolute atomic E-state index is 13.0. The first kappa shape index (κ1) is 7.24. The summed E-state index contributed by atoms with van der Waals surface area (Å²) >= 11 is 0. The summed E-state index contributed by atoms with van der Waals surface area (Å²) in [6.45, 7) is -0.101. The third kappa shape index (κ3) is 0.887. The van der Waals surface area contributed by atoms with Gasteiger partial charge in [-0.1, -0.05) is 6.07 Å². The number of aromatic nitrogens is 2. The van der Waals surface area contributed by atoms with Crippen molar-refractivity contribution in [3.63, 3.8) is 0 Å². The molecule has 1 heterocycles. The van der Waals surface area contributed by atoms with E-state index in [0.717, 1.165) is 0 Å². The smallest absolute Gasteiger partial charge is 0.151 e. The molecule has 1 aromatic carbocycles. The minimum atomic E-state index is -0.372. The molecule has 0 bridgehead atoms. The molecule has 1 aromatic heterocycles. The van der Waals surface area contributed by atoms with Gasteiger partial charge in [-0.25, -0.2) is 4.39 Å². The molecule has 0 aliphatic carbocycles. The maximum atomic E-state index is 13.0. The van der Waals surface area contributed by atoms with Crippen LogP contribution in [0.4, 0.5) is 4.39 Å². The van der Waals surface area contributed by atoms with Gasteiger partial charge in [-0.05, 0) is 11.6 Å². The Labute approximate surface area is 67.8 Å². The van der Waals surface area contributed by atoms with Crippen molar-refractivity contribution in [1.82, 2.24) is 10.2 Å². The standard InChI is InChI=1S/C8H7FN2O/c9-7-2-1-5(4-12)6-3-10-11-8(6)7/h1-3,12H,4H2,(H,10,11). The summed E-state index contributed by atoms with van der Waals surface area (Å²) < 4.78 is 13.0. The van der Waals surface area contributed by atoms with Gasteiger partial charge in [0.05, 0.1) is 6.61 Å². The van der Waals surface area contributed by atoms with Gasteiger partial charge in [-0.15, -0.1) is 0 Å². The summed E-state index contributed by atoms with van der Waals surface area (Å²) in [6, 6.07) is 2.85. The molecule has 2 N–H and O–H groups in total. The fourth-order valence-corrected chi connectivity index (χ4v) is 1.20. The Morgan fingerprint density at radius 3 is 3.08 bits per heavy atom. The molecule has 2 rings (SSSR count). The third-order valence-electron chi connectivity index (χ3n) is 1.81. The van der Waals surface area contributed by atoms with E-state index in [2.05, 4.69) is 10.2 Å². The molecule has 0 unspecified atom stereocenters. The topological polar surface area (TPSA) is 48.9 Å². The molecule has 0 aliphatic rings. The minimum absolute atomic E-state index is 0.101. The van der Waals surface area contributed by atoms with E-state index in [0.29, 0.717) is 10.9 Å². The zero-order valence-corrected chi connectivity index (χ0v) is 6.21. The van der Waals surface area contributed by atoms with E-state index < -0.39 is 0 Å². The van der Waals surface area contributed by atoms with Crippen molar-refractivity contribution in [3.05, 3.63) is 29.7 Å². The van der Waals surface area contributed by atoms with Crippen LogP contribution in [0, 0.1) is 5.82 Å². The number of aliphatic hydroxyl groups is 1. The van der Waals surface area contributed by atoms with E-state index in [4.69, 9.17) is 5.11 Å². The van der Waals surface area contributed by atoms with Gasteiger partial charge in [0.15, 0.2) is 5.82 Å². The van der Waals surface area contributed by atoms with Crippen LogP contribution in [0.2, 0.25) is 0 Å². The normalized spacial score (nSPS) is 10.8. The number of halogens is 1. The molecular weight excluding hydrogens is 159 g/mol. The highest BCUT2D eigenvalue weighted by atomic mass is 19.1. The number of nitrogens with zero attached hydrogens (tertiary/aromatic N) is 1. The van der Waals surface area contributed by atoms with Crippen LogP contribution in [0.5, 0.6) is 0 Å². The molecule has 0 aliphatic heterocycles. The van der Waals surface area contributed by atoms with Gasteiger partial charge in [-0.3, -0.25) is 5.10 Å². The minimum Gasteiger partial charge on any atom is -0.392 e. The monoisotopic (exact) mass is 166 g/mol. The van der Waals surface area contributed by atoms with Crippen LogP contribution in [0.3, 0.4) is 0 Å². The van der Waals surface area contributed by atoms with Gasteiger partial charge in [0.25, 0.3) is 0 Å². The molecule has 0 saturated carbocycles. The summed E-state index contributed by atoms with van der Waals surface area (Å²) in [6.07, 6.45) is 1.57. The summed E-state index contributed by atoms with van der Waals surface area (Å²) in [4.78, 5) is 0. The number of nitrogens with one attached hydrogen (secondary N) is 1. The van der Waals surface area contributed by atoms with Crippen molar-refractivity contribution < 1.29 is 9.50 Å². The number of aliphatic hydroxyl groups excluding tert-OH is 1. The van der Waals surface area contributed by atoms with Crippen molar-refractivity contribution in [3.8, 4) is 0 Å². The third-order valence-corrected chi connectivity index (χ3v) is 1.81. The number of hydrogen-bond donors (Lipinski definition) is 2.